The van der Waals surface area contributed by atoms with Crippen molar-refractivity contribution >= 4 is 55.1 Å². The Morgan fingerprint density at radius 2 is 1.79 bits per heavy atom. The SMILES string of the molecule is Cc1c(Br)cccc1C(Cl)c1cc(Cl)c(Br)cc1F. The average Bonchev–Trinajstić information content (AvgIpc) is 2.36. The lowest BCUT2D eigenvalue weighted by Crippen LogP contribution is -2.00. The van der Waals surface area contributed by atoms with Gasteiger partial charge < -0.3 is 0 Å². The Balaban J connectivity index is 2.53. The third kappa shape index (κ3) is 3.15. The Morgan fingerprint density at radius 1 is 1.11 bits per heavy atom. The molecular formula is C14H9Br2Cl2F. The van der Waals surface area contributed by atoms with Crippen LogP contribution in [-0.4, -0.2) is 0 Å². The topological polar surface area (TPSA) is 0 Å². The van der Waals surface area contributed by atoms with Gasteiger partial charge in [0.2, 0.25) is 0 Å². The monoisotopic (exact) mass is 424 g/mol. The van der Waals surface area contributed by atoms with Crippen LogP contribution >= 0.6 is 55.1 Å². The van der Waals surface area contributed by atoms with Gasteiger partial charge in [-0.3, -0.25) is 0 Å². The molecule has 2 rings (SSSR count). The number of benzene rings is 2. The van der Waals surface area contributed by atoms with Crippen molar-refractivity contribution in [1.29, 1.82) is 0 Å². The molecule has 0 saturated heterocycles. The first kappa shape index (κ1) is 15.3. The Hall–Kier alpha value is -0.0900. The Labute approximate surface area is 138 Å². The molecule has 0 nitrogen and oxygen atoms in total. The number of hydrogen-bond acceptors (Lipinski definition) is 0. The zero-order valence-electron chi connectivity index (χ0n) is 9.85. The second-order valence-electron chi connectivity index (χ2n) is 4.10. The largest absolute Gasteiger partial charge is 0.207 e. The zero-order chi connectivity index (χ0) is 14.2. The minimum absolute atomic E-state index is 0.371. The molecule has 2 aromatic carbocycles. The molecule has 1 unspecified atom stereocenters. The van der Waals surface area contributed by atoms with Crippen LogP contribution in [0.25, 0.3) is 0 Å². The number of hydrogen-bond donors (Lipinski definition) is 0. The molecular weight excluding hydrogens is 418 g/mol. The standard InChI is InChI=1S/C14H9Br2Cl2F/c1-7-8(3-2-4-10(7)15)14(18)9-5-12(17)11(16)6-13(9)19/h2-6,14H,1H3. The van der Waals surface area contributed by atoms with Crippen molar-refractivity contribution in [2.45, 2.75) is 12.3 Å². The van der Waals surface area contributed by atoms with Gasteiger partial charge in [0.05, 0.1) is 10.4 Å². The van der Waals surface area contributed by atoms with E-state index < -0.39 is 5.38 Å². The molecule has 5 heteroatoms. The lowest BCUT2D eigenvalue weighted by atomic mass is 10.00. The first-order valence-corrected chi connectivity index (χ1v) is 7.85. The summed E-state index contributed by atoms with van der Waals surface area (Å²) < 4.78 is 15.5. The minimum atomic E-state index is -0.580. The molecule has 0 fully saturated rings. The van der Waals surface area contributed by atoms with E-state index in [1.165, 1.54) is 6.07 Å². The van der Waals surface area contributed by atoms with E-state index in [-0.39, 0.29) is 5.82 Å². The molecule has 1 atom stereocenters. The van der Waals surface area contributed by atoms with E-state index in [1.807, 2.05) is 25.1 Å². The predicted molar refractivity (Wildman–Crippen MR) is 85.7 cm³/mol. The summed E-state index contributed by atoms with van der Waals surface area (Å²) in [5, 5.41) is -0.141. The van der Waals surface area contributed by atoms with Crippen molar-refractivity contribution in [3.05, 3.63) is 66.8 Å². The normalized spacial score (nSPS) is 12.5. The van der Waals surface area contributed by atoms with Crippen LogP contribution in [-0.2, 0) is 0 Å². The third-order valence-corrected chi connectivity index (χ3v) is 5.42. The quantitative estimate of drug-likeness (QED) is 0.373. The predicted octanol–water partition coefficient (Wildman–Crippen LogP) is 6.64. The first-order valence-electron chi connectivity index (χ1n) is 5.45. The van der Waals surface area contributed by atoms with Crippen LogP contribution < -0.4 is 0 Å². The van der Waals surface area contributed by atoms with Crippen molar-refractivity contribution < 1.29 is 4.39 Å². The van der Waals surface area contributed by atoms with Crippen molar-refractivity contribution in [3.63, 3.8) is 0 Å². The Kier molecular flexibility index (Phi) is 4.93. The average molecular weight is 427 g/mol. The highest BCUT2D eigenvalue weighted by molar-refractivity contribution is 9.10. The maximum atomic E-state index is 14.0. The van der Waals surface area contributed by atoms with Crippen LogP contribution in [0.15, 0.2) is 39.3 Å². The maximum Gasteiger partial charge on any atom is 0.129 e. The molecule has 0 aliphatic rings. The van der Waals surface area contributed by atoms with Gasteiger partial charge in [-0.15, -0.1) is 11.6 Å². The van der Waals surface area contributed by atoms with E-state index in [4.69, 9.17) is 23.2 Å². The fraction of sp³-hybridized carbons (Fsp3) is 0.143. The van der Waals surface area contributed by atoms with E-state index in [1.54, 1.807) is 6.07 Å². The summed E-state index contributed by atoms with van der Waals surface area (Å²) in [6.07, 6.45) is 0. The van der Waals surface area contributed by atoms with Gasteiger partial charge in [0, 0.05) is 14.5 Å². The van der Waals surface area contributed by atoms with Crippen LogP contribution in [0.1, 0.15) is 22.1 Å². The summed E-state index contributed by atoms with van der Waals surface area (Å²) >= 11 is 19.0. The van der Waals surface area contributed by atoms with Crippen LogP contribution in [0.5, 0.6) is 0 Å². The van der Waals surface area contributed by atoms with Crippen LogP contribution in [0.3, 0.4) is 0 Å². The number of alkyl halides is 1. The molecule has 0 heterocycles. The fourth-order valence-electron chi connectivity index (χ4n) is 1.80. The van der Waals surface area contributed by atoms with Gasteiger partial charge in [-0.2, -0.15) is 0 Å². The highest BCUT2D eigenvalue weighted by atomic mass is 79.9. The van der Waals surface area contributed by atoms with Crippen molar-refractivity contribution in [2.75, 3.05) is 0 Å². The van der Waals surface area contributed by atoms with Gasteiger partial charge in [-0.05, 0) is 52.2 Å². The van der Waals surface area contributed by atoms with E-state index in [0.29, 0.717) is 15.1 Å². The first-order chi connectivity index (χ1) is 8.91. The highest BCUT2D eigenvalue weighted by Crippen LogP contribution is 2.37. The van der Waals surface area contributed by atoms with Gasteiger partial charge in [-0.25, -0.2) is 4.39 Å². The minimum Gasteiger partial charge on any atom is -0.207 e. The Bertz CT molecular complexity index is 629. The zero-order valence-corrected chi connectivity index (χ0v) is 14.5. The smallest absolute Gasteiger partial charge is 0.129 e. The van der Waals surface area contributed by atoms with Crippen LogP contribution in [0.2, 0.25) is 5.02 Å². The van der Waals surface area contributed by atoms with E-state index in [9.17, 15) is 4.39 Å². The lowest BCUT2D eigenvalue weighted by molar-refractivity contribution is 0.611. The van der Waals surface area contributed by atoms with Crippen LogP contribution in [0, 0.1) is 12.7 Å². The molecule has 0 aliphatic carbocycles. The molecule has 0 radical (unpaired) electrons. The van der Waals surface area contributed by atoms with E-state index >= 15 is 0 Å². The summed E-state index contributed by atoms with van der Waals surface area (Å²) in [4.78, 5) is 0. The van der Waals surface area contributed by atoms with Crippen molar-refractivity contribution in [3.8, 4) is 0 Å². The van der Waals surface area contributed by atoms with Gasteiger partial charge in [0.1, 0.15) is 5.82 Å². The molecule has 0 bridgehead atoms. The van der Waals surface area contributed by atoms with Gasteiger partial charge in [0.25, 0.3) is 0 Å². The Morgan fingerprint density at radius 3 is 2.47 bits per heavy atom. The second kappa shape index (κ2) is 6.13. The summed E-state index contributed by atoms with van der Waals surface area (Å²) in [7, 11) is 0. The second-order valence-corrected chi connectivity index (χ2v) is 6.66. The molecule has 0 N–H and O–H groups in total. The summed E-state index contributed by atoms with van der Waals surface area (Å²) in [5.74, 6) is -0.379. The summed E-state index contributed by atoms with van der Waals surface area (Å²) in [5.41, 5.74) is 2.21. The van der Waals surface area contributed by atoms with Gasteiger partial charge in [0.15, 0.2) is 0 Å². The molecule has 0 spiro atoms. The third-order valence-electron chi connectivity index (χ3n) is 2.90. The van der Waals surface area contributed by atoms with Crippen LogP contribution in [0.4, 0.5) is 4.39 Å². The number of halogens is 5. The van der Waals surface area contributed by atoms with E-state index in [2.05, 4.69) is 31.9 Å². The molecule has 19 heavy (non-hydrogen) atoms. The molecule has 2 aromatic rings. The molecule has 0 saturated carbocycles. The summed E-state index contributed by atoms with van der Waals surface area (Å²) in [6, 6.07) is 8.57. The molecule has 100 valence electrons. The fourth-order valence-corrected chi connectivity index (χ4v) is 3.07. The van der Waals surface area contributed by atoms with Crippen molar-refractivity contribution in [2.24, 2.45) is 0 Å². The van der Waals surface area contributed by atoms with Gasteiger partial charge >= 0.3 is 0 Å². The van der Waals surface area contributed by atoms with Crippen molar-refractivity contribution in [1.82, 2.24) is 0 Å². The van der Waals surface area contributed by atoms with E-state index in [0.717, 1.165) is 15.6 Å². The lowest BCUT2D eigenvalue weighted by Gasteiger charge is -2.15. The van der Waals surface area contributed by atoms with Gasteiger partial charge in [-0.1, -0.05) is 39.7 Å². The highest BCUT2D eigenvalue weighted by Gasteiger charge is 2.19. The summed E-state index contributed by atoms with van der Waals surface area (Å²) in [6.45, 7) is 1.94. The molecule has 0 aromatic heterocycles. The molecule has 0 aliphatic heterocycles. The molecule has 0 amide bonds. The maximum absolute atomic E-state index is 14.0. The number of rotatable bonds is 2.